The average Bonchev–Trinajstić information content (AvgIpc) is 2.35. The van der Waals surface area contributed by atoms with Gasteiger partial charge in [0.25, 0.3) is 5.56 Å². The van der Waals surface area contributed by atoms with E-state index in [0.29, 0.717) is 0 Å². The third-order valence-electron chi connectivity index (χ3n) is 2.18. The van der Waals surface area contributed by atoms with E-state index < -0.39 is 11.4 Å². The van der Waals surface area contributed by atoms with Crippen molar-refractivity contribution < 1.29 is 4.39 Å². The number of aromatic nitrogens is 2. The van der Waals surface area contributed by atoms with Gasteiger partial charge in [0, 0.05) is 0 Å². The van der Waals surface area contributed by atoms with Crippen molar-refractivity contribution in [3.05, 3.63) is 51.3 Å². The zero-order valence-corrected chi connectivity index (χ0v) is 9.62. The summed E-state index contributed by atoms with van der Waals surface area (Å²) in [6.45, 7) is 0. The Morgan fingerprint density at radius 1 is 1.50 bits per heavy atom. The molecule has 2 aromatic rings. The molecule has 7 heteroatoms. The summed E-state index contributed by atoms with van der Waals surface area (Å²) in [4.78, 5) is 17.3. The SMILES string of the molecule is N#Cc1c(F)cccc1Nc1nc[nH]c(=O)c1Cl. The van der Waals surface area contributed by atoms with Gasteiger partial charge in [0.05, 0.1) is 12.0 Å². The van der Waals surface area contributed by atoms with E-state index in [1.54, 1.807) is 6.07 Å². The fraction of sp³-hybridized carbons (Fsp3) is 0. The van der Waals surface area contributed by atoms with Crippen molar-refractivity contribution in [3.8, 4) is 6.07 Å². The molecule has 90 valence electrons. The molecular weight excluding hydrogens is 259 g/mol. The van der Waals surface area contributed by atoms with Crippen LogP contribution in [0.1, 0.15) is 5.56 Å². The number of nitrogens with zero attached hydrogens (tertiary/aromatic N) is 2. The van der Waals surface area contributed by atoms with Crippen LogP contribution in [0.4, 0.5) is 15.9 Å². The third kappa shape index (κ3) is 2.17. The Bertz CT molecular complexity index is 692. The first-order chi connectivity index (χ1) is 8.63. The zero-order chi connectivity index (χ0) is 13.1. The molecule has 0 aliphatic carbocycles. The number of aromatic amines is 1. The van der Waals surface area contributed by atoms with Crippen LogP contribution in [0.2, 0.25) is 5.02 Å². The number of halogens is 2. The lowest BCUT2D eigenvalue weighted by molar-refractivity contribution is 0.624. The molecule has 0 amide bonds. The predicted molar refractivity (Wildman–Crippen MR) is 64.3 cm³/mol. The molecule has 1 aromatic heterocycles. The van der Waals surface area contributed by atoms with Gasteiger partial charge in [-0.25, -0.2) is 9.37 Å². The molecule has 1 heterocycles. The molecule has 0 saturated carbocycles. The summed E-state index contributed by atoms with van der Waals surface area (Å²) in [6.07, 6.45) is 1.15. The summed E-state index contributed by atoms with van der Waals surface area (Å²) in [5.41, 5.74) is -0.503. The number of rotatable bonds is 2. The summed E-state index contributed by atoms with van der Waals surface area (Å²) < 4.78 is 13.3. The number of benzene rings is 1. The molecule has 0 fully saturated rings. The predicted octanol–water partition coefficient (Wildman–Crippen LogP) is 2.18. The first-order valence-corrected chi connectivity index (χ1v) is 5.20. The van der Waals surface area contributed by atoms with Gasteiger partial charge in [-0.3, -0.25) is 4.79 Å². The second-order valence-electron chi connectivity index (χ2n) is 3.29. The molecule has 5 nitrogen and oxygen atoms in total. The van der Waals surface area contributed by atoms with E-state index >= 15 is 0 Å². The molecule has 1 aromatic carbocycles. The standard InChI is InChI=1S/C11H6ClFN4O/c12-9-10(15-5-16-11(9)18)17-8-3-1-2-7(13)6(8)4-14/h1-3,5H,(H2,15,16,17,18). The fourth-order valence-corrected chi connectivity index (χ4v) is 1.49. The Morgan fingerprint density at radius 2 is 2.28 bits per heavy atom. The molecule has 2 N–H and O–H groups in total. The maximum absolute atomic E-state index is 13.3. The minimum Gasteiger partial charge on any atom is -0.338 e. The molecule has 2 rings (SSSR count). The van der Waals surface area contributed by atoms with Gasteiger partial charge in [0.1, 0.15) is 22.5 Å². The Kier molecular flexibility index (Phi) is 3.26. The number of hydrogen-bond donors (Lipinski definition) is 2. The van der Waals surface area contributed by atoms with Crippen LogP contribution in [0.15, 0.2) is 29.3 Å². The third-order valence-corrected chi connectivity index (χ3v) is 2.53. The lowest BCUT2D eigenvalue weighted by atomic mass is 10.2. The van der Waals surface area contributed by atoms with Crippen molar-refractivity contribution in [1.82, 2.24) is 9.97 Å². The molecule has 18 heavy (non-hydrogen) atoms. The van der Waals surface area contributed by atoms with Crippen LogP contribution in [0.25, 0.3) is 0 Å². The molecule has 0 spiro atoms. The maximum Gasteiger partial charge on any atom is 0.271 e. The molecule has 0 bridgehead atoms. The molecule has 0 aliphatic heterocycles. The quantitative estimate of drug-likeness (QED) is 0.871. The zero-order valence-electron chi connectivity index (χ0n) is 8.87. The van der Waals surface area contributed by atoms with E-state index in [1.165, 1.54) is 12.1 Å². The van der Waals surface area contributed by atoms with Gasteiger partial charge in [-0.2, -0.15) is 5.26 Å². The monoisotopic (exact) mass is 264 g/mol. The van der Waals surface area contributed by atoms with Gasteiger partial charge in [-0.05, 0) is 12.1 Å². The maximum atomic E-state index is 13.3. The average molecular weight is 265 g/mol. The lowest BCUT2D eigenvalue weighted by Crippen LogP contribution is -2.10. The highest BCUT2D eigenvalue weighted by Gasteiger charge is 2.11. The van der Waals surface area contributed by atoms with E-state index in [1.807, 2.05) is 0 Å². The van der Waals surface area contributed by atoms with Crippen molar-refractivity contribution in [2.45, 2.75) is 0 Å². The first kappa shape index (κ1) is 12.1. The Hall–Kier alpha value is -2.39. The van der Waals surface area contributed by atoms with Crippen LogP contribution < -0.4 is 10.9 Å². The summed E-state index contributed by atoms with van der Waals surface area (Å²) in [5, 5.41) is 11.3. The molecule has 0 saturated heterocycles. The number of anilines is 2. The summed E-state index contributed by atoms with van der Waals surface area (Å²) in [5.74, 6) is -0.606. The van der Waals surface area contributed by atoms with Crippen LogP contribution in [0, 0.1) is 17.1 Å². The van der Waals surface area contributed by atoms with E-state index in [9.17, 15) is 9.18 Å². The highest BCUT2D eigenvalue weighted by atomic mass is 35.5. The molecule has 0 unspecified atom stereocenters. The number of H-pyrrole nitrogens is 1. The number of nitrogens with one attached hydrogen (secondary N) is 2. The van der Waals surface area contributed by atoms with Gasteiger partial charge in [0.15, 0.2) is 5.82 Å². The van der Waals surface area contributed by atoms with Crippen molar-refractivity contribution in [3.63, 3.8) is 0 Å². The van der Waals surface area contributed by atoms with Crippen molar-refractivity contribution in [1.29, 1.82) is 5.26 Å². The minimum absolute atomic E-state index is 0.0579. The number of nitriles is 1. The second kappa shape index (κ2) is 4.85. The van der Waals surface area contributed by atoms with E-state index in [-0.39, 0.29) is 22.1 Å². The van der Waals surface area contributed by atoms with Gasteiger partial charge in [-0.15, -0.1) is 0 Å². The molecule has 0 atom stereocenters. The summed E-state index contributed by atoms with van der Waals surface area (Å²) in [7, 11) is 0. The van der Waals surface area contributed by atoms with Gasteiger partial charge in [0.2, 0.25) is 0 Å². The van der Waals surface area contributed by atoms with E-state index in [4.69, 9.17) is 16.9 Å². The Morgan fingerprint density at radius 3 is 3.00 bits per heavy atom. The normalized spacial score (nSPS) is 9.83. The van der Waals surface area contributed by atoms with E-state index in [2.05, 4.69) is 15.3 Å². The highest BCUT2D eigenvalue weighted by Crippen LogP contribution is 2.23. The van der Waals surface area contributed by atoms with Crippen LogP contribution in [-0.2, 0) is 0 Å². The van der Waals surface area contributed by atoms with Crippen molar-refractivity contribution >= 4 is 23.1 Å². The smallest absolute Gasteiger partial charge is 0.271 e. The lowest BCUT2D eigenvalue weighted by Gasteiger charge is -2.08. The minimum atomic E-state index is -0.663. The van der Waals surface area contributed by atoms with Crippen LogP contribution in [0.5, 0.6) is 0 Å². The second-order valence-corrected chi connectivity index (χ2v) is 3.67. The molecule has 0 aliphatic rings. The molecular formula is C11H6ClFN4O. The summed E-state index contributed by atoms with van der Waals surface area (Å²) >= 11 is 5.73. The van der Waals surface area contributed by atoms with Crippen molar-refractivity contribution in [2.75, 3.05) is 5.32 Å². The van der Waals surface area contributed by atoms with Crippen molar-refractivity contribution in [2.24, 2.45) is 0 Å². The van der Waals surface area contributed by atoms with Gasteiger partial charge < -0.3 is 10.3 Å². The largest absolute Gasteiger partial charge is 0.338 e. The van der Waals surface area contributed by atoms with Crippen LogP contribution in [0.3, 0.4) is 0 Å². The Labute approximate surface area is 106 Å². The Balaban J connectivity index is 2.47. The van der Waals surface area contributed by atoms with Gasteiger partial charge in [-0.1, -0.05) is 17.7 Å². The summed E-state index contributed by atoms with van der Waals surface area (Å²) in [6, 6.07) is 5.80. The van der Waals surface area contributed by atoms with Gasteiger partial charge >= 0.3 is 0 Å². The molecule has 0 radical (unpaired) electrons. The topological polar surface area (TPSA) is 81.6 Å². The van der Waals surface area contributed by atoms with E-state index in [0.717, 1.165) is 12.4 Å². The number of hydrogen-bond acceptors (Lipinski definition) is 4. The van der Waals surface area contributed by atoms with Crippen LogP contribution >= 0.6 is 11.6 Å². The van der Waals surface area contributed by atoms with Crippen LogP contribution in [-0.4, -0.2) is 9.97 Å². The highest BCUT2D eigenvalue weighted by molar-refractivity contribution is 6.32. The first-order valence-electron chi connectivity index (χ1n) is 4.82. The fourth-order valence-electron chi connectivity index (χ4n) is 1.34.